The van der Waals surface area contributed by atoms with E-state index in [0.29, 0.717) is 11.1 Å². The standard InChI is InChI=1S/C19H22N4O3/c1-19(14-9-7-13(11-20)8-10-14)17(25)23(18(26)22-19)12-16(24)21-15-5-3-2-4-6-15/h7-10,15H,2-6,12H2,1H3,(H,21,24)(H,22,26)/t19-/m1/s1. The fourth-order valence-electron chi connectivity index (χ4n) is 3.58. The number of nitrogens with one attached hydrogen (secondary N) is 2. The second kappa shape index (κ2) is 7.16. The van der Waals surface area contributed by atoms with Gasteiger partial charge in [-0.3, -0.25) is 14.5 Å². The van der Waals surface area contributed by atoms with E-state index < -0.39 is 17.5 Å². The van der Waals surface area contributed by atoms with Gasteiger partial charge in [-0.15, -0.1) is 0 Å². The smallest absolute Gasteiger partial charge is 0.325 e. The van der Waals surface area contributed by atoms with Crippen molar-refractivity contribution in [2.75, 3.05) is 6.54 Å². The van der Waals surface area contributed by atoms with Crippen LogP contribution in [0.4, 0.5) is 4.79 Å². The Morgan fingerprint density at radius 1 is 1.27 bits per heavy atom. The van der Waals surface area contributed by atoms with Gasteiger partial charge in [0.15, 0.2) is 0 Å². The van der Waals surface area contributed by atoms with Crippen LogP contribution in [0, 0.1) is 11.3 Å². The van der Waals surface area contributed by atoms with Crippen molar-refractivity contribution in [1.29, 1.82) is 5.26 Å². The summed E-state index contributed by atoms with van der Waals surface area (Å²) in [6.07, 6.45) is 5.24. The zero-order valence-corrected chi connectivity index (χ0v) is 14.7. The molecular weight excluding hydrogens is 332 g/mol. The van der Waals surface area contributed by atoms with Gasteiger partial charge >= 0.3 is 6.03 Å². The maximum atomic E-state index is 12.8. The average molecular weight is 354 g/mol. The first-order valence-corrected chi connectivity index (χ1v) is 8.88. The van der Waals surface area contributed by atoms with Crippen molar-refractivity contribution in [3.05, 3.63) is 35.4 Å². The predicted molar refractivity (Wildman–Crippen MR) is 93.8 cm³/mol. The summed E-state index contributed by atoms with van der Waals surface area (Å²) in [6, 6.07) is 8.03. The second-order valence-electron chi connectivity index (χ2n) is 7.04. The van der Waals surface area contributed by atoms with Gasteiger partial charge in [-0.1, -0.05) is 31.4 Å². The number of hydrogen-bond acceptors (Lipinski definition) is 4. The van der Waals surface area contributed by atoms with Gasteiger partial charge in [0.25, 0.3) is 5.91 Å². The van der Waals surface area contributed by atoms with Gasteiger partial charge in [0, 0.05) is 6.04 Å². The molecule has 3 rings (SSSR count). The topological polar surface area (TPSA) is 102 Å². The van der Waals surface area contributed by atoms with Crippen LogP contribution in [0.25, 0.3) is 0 Å². The van der Waals surface area contributed by atoms with Gasteiger partial charge in [-0.25, -0.2) is 4.79 Å². The maximum absolute atomic E-state index is 12.8. The van der Waals surface area contributed by atoms with Gasteiger partial charge < -0.3 is 10.6 Å². The normalized spacial score (nSPS) is 23.5. The summed E-state index contributed by atoms with van der Waals surface area (Å²) in [6.45, 7) is 1.32. The van der Waals surface area contributed by atoms with E-state index in [-0.39, 0.29) is 18.5 Å². The number of urea groups is 1. The van der Waals surface area contributed by atoms with E-state index in [2.05, 4.69) is 10.6 Å². The summed E-state index contributed by atoms with van der Waals surface area (Å²) in [4.78, 5) is 38.3. The highest BCUT2D eigenvalue weighted by Crippen LogP contribution is 2.29. The Balaban J connectivity index is 1.69. The monoisotopic (exact) mass is 354 g/mol. The molecule has 7 heteroatoms. The minimum atomic E-state index is -1.24. The Kier molecular flexibility index (Phi) is 4.94. The Morgan fingerprint density at radius 3 is 2.54 bits per heavy atom. The lowest BCUT2D eigenvalue weighted by molar-refractivity contribution is -0.135. The molecule has 1 atom stereocenters. The number of nitrogens with zero attached hydrogens (tertiary/aromatic N) is 2. The molecule has 1 aliphatic carbocycles. The van der Waals surface area contributed by atoms with Gasteiger partial charge in [-0.2, -0.15) is 5.26 Å². The van der Waals surface area contributed by atoms with E-state index in [9.17, 15) is 14.4 Å². The van der Waals surface area contributed by atoms with E-state index in [4.69, 9.17) is 5.26 Å². The van der Waals surface area contributed by atoms with E-state index in [1.807, 2.05) is 6.07 Å². The van der Waals surface area contributed by atoms with Crippen LogP contribution in [-0.2, 0) is 15.1 Å². The first kappa shape index (κ1) is 17.9. The SMILES string of the molecule is C[C@]1(c2ccc(C#N)cc2)NC(=O)N(CC(=O)NC2CCCCC2)C1=O. The molecule has 1 saturated carbocycles. The van der Waals surface area contributed by atoms with Crippen LogP contribution in [0.15, 0.2) is 24.3 Å². The minimum absolute atomic E-state index is 0.127. The van der Waals surface area contributed by atoms with Gasteiger partial charge in [-0.05, 0) is 37.5 Å². The molecule has 0 bridgehead atoms. The molecule has 1 heterocycles. The molecule has 2 aliphatic rings. The number of imide groups is 1. The summed E-state index contributed by atoms with van der Waals surface area (Å²) in [7, 11) is 0. The summed E-state index contributed by atoms with van der Waals surface area (Å²) in [5.74, 6) is -0.782. The fourth-order valence-corrected chi connectivity index (χ4v) is 3.58. The molecule has 0 spiro atoms. The molecule has 1 saturated heterocycles. The highest BCUT2D eigenvalue weighted by Gasteiger charge is 2.49. The van der Waals surface area contributed by atoms with Crippen LogP contribution < -0.4 is 10.6 Å². The number of carbonyl (C=O) groups excluding carboxylic acids is 3. The Morgan fingerprint density at radius 2 is 1.92 bits per heavy atom. The molecule has 26 heavy (non-hydrogen) atoms. The molecule has 1 aromatic carbocycles. The van der Waals surface area contributed by atoms with Gasteiger partial charge in [0.2, 0.25) is 5.91 Å². The van der Waals surface area contributed by atoms with Crippen LogP contribution in [0.3, 0.4) is 0 Å². The van der Waals surface area contributed by atoms with Crippen molar-refractivity contribution in [1.82, 2.24) is 15.5 Å². The Hall–Kier alpha value is -2.88. The third-order valence-corrected chi connectivity index (χ3v) is 5.14. The zero-order valence-electron chi connectivity index (χ0n) is 14.7. The number of carbonyl (C=O) groups is 3. The van der Waals surface area contributed by atoms with Crippen molar-refractivity contribution < 1.29 is 14.4 Å². The van der Waals surface area contributed by atoms with Crippen LogP contribution in [-0.4, -0.2) is 35.3 Å². The third kappa shape index (κ3) is 3.40. The lowest BCUT2D eigenvalue weighted by atomic mass is 9.91. The van der Waals surface area contributed by atoms with E-state index in [1.54, 1.807) is 31.2 Å². The summed E-state index contributed by atoms with van der Waals surface area (Å²) < 4.78 is 0. The molecule has 0 radical (unpaired) electrons. The van der Waals surface area contributed by atoms with Gasteiger partial charge in [0.1, 0.15) is 12.1 Å². The Labute approximate surface area is 152 Å². The van der Waals surface area contributed by atoms with Crippen molar-refractivity contribution in [2.45, 2.75) is 50.6 Å². The number of rotatable bonds is 4. The lowest BCUT2D eigenvalue weighted by Gasteiger charge is -2.24. The molecule has 2 N–H and O–H groups in total. The number of benzene rings is 1. The lowest BCUT2D eigenvalue weighted by Crippen LogP contribution is -2.45. The fraction of sp³-hybridized carbons (Fsp3) is 0.474. The summed E-state index contributed by atoms with van der Waals surface area (Å²) in [5, 5.41) is 14.5. The number of amides is 4. The predicted octanol–water partition coefficient (Wildman–Crippen LogP) is 1.77. The minimum Gasteiger partial charge on any atom is -0.352 e. The maximum Gasteiger partial charge on any atom is 0.325 e. The van der Waals surface area contributed by atoms with Gasteiger partial charge in [0.05, 0.1) is 11.6 Å². The largest absolute Gasteiger partial charge is 0.352 e. The van der Waals surface area contributed by atoms with Crippen LogP contribution in [0.5, 0.6) is 0 Å². The van der Waals surface area contributed by atoms with Crippen LogP contribution in [0.1, 0.15) is 50.2 Å². The first-order chi connectivity index (χ1) is 12.4. The van der Waals surface area contributed by atoms with Crippen molar-refractivity contribution in [3.8, 4) is 6.07 Å². The highest BCUT2D eigenvalue weighted by molar-refractivity contribution is 6.09. The average Bonchev–Trinajstić information content (AvgIpc) is 2.86. The van der Waals surface area contributed by atoms with Crippen molar-refractivity contribution in [2.24, 2.45) is 0 Å². The number of nitriles is 1. The molecule has 4 amide bonds. The Bertz CT molecular complexity index is 762. The van der Waals surface area contributed by atoms with E-state index >= 15 is 0 Å². The first-order valence-electron chi connectivity index (χ1n) is 8.88. The molecule has 1 aromatic rings. The molecule has 7 nitrogen and oxygen atoms in total. The molecule has 136 valence electrons. The third-order valence-electron chi connectivity index (χ3n) is 5.14. The molecule has 1 aliphatic heterocycles. The van der Waals surface area contributed by atoms with E-state index in [0.717, 1.165) is 30.6 Å². The summed E-state index contributed by atoms with van der Waals surface area (Å²) in [5.41, 5.74) is -0.196. The van der Waals surface area contributed by atoms with Crippen LogP contribution in [0.2, 0.25) is 0 Å². The van der Waals surface area contributed by atoms with Crippen molar-refractivity contribution >= 4 is 17.8 Å². The zero-order chi connectivity index (χ0) is 18.7. The molecule has 0 unspecified atom stereocenters. The second-order valence-corrected chi connectivity index (χ2v) is 7.04. The van der Waals surface area contributed by atoms with Crippen molar-refractivity contribution in [3.63, 3.8) is 0 Å². The molecular formula is C19H22N4O3. The number of hydrogen-bond donors (Lipinski definition) is 2. The molecule has 2 fully saturated rings. The molecule has 0 aromatic heterocycles. The quantitative estimate of drug-likeness (QED) is 0.805. The van der Waals surface area contributed by atoms with E-state index in [1.165, 1.54) is 6.42 Å². The highest BCUT2D eigenvalue weighted by atomic mass is 16.2. The van der Waals surface area contributed by atoms with Crippen LogP contribution >= 0.6 is 0 Å². The summed E-state index contributed by atoms with van der Waals surface area (Å²) >= 11 is 0.